The molecule has 0 aliphatic rings. The molecule has 0 unspecified atom stereocenters. The van der Waals surface area contributed by atoms with Crippen LogP contribution in [0.2, 0.25) is 0 Å². The molecule has 0 atom stereocenters. The Labute approximate surface area is 131 Å². The first-order valence-corrected chi connectivity index (χ1v) is 7.18. The van der Waals surface area contributed by atoms with Crippen LogP contribution in [0.25, 0.3) is 5.65 Å². The number of benzene rings is 1. The quantitative estimate of drug-likeness (QED) is 0.750. The Balaban J connectivity index is 1.69. The van der Waals surface area contributed by atoms with Crippen molar-refractivity contribution in [1.29, 1.82) is 0 Å². The van der Waals surface area contributed by atoms with Crippen LogP contribution in [-0.4, -0.2) is 31.7 Å². The summed E-state index contributed by atoms with van der Waals surface area (Å²) < 4.78 is 2.74. The van der Waals surface area contributed by atoms with Crippen molar-refractivity contribution in [1.82, 2.24) is 19.5 Å². The molecule has 23 heavy (non-hydrogen) atoms. The lowest BCUT2D eigenvalue weighted by atomic mass is 10.1. The molecule has 2 heterocycles. The second kappa shape index (κ2) is 5.96. The van der Waals surface area contributed by atoms with Gasteiger partial charge in [0.15, 0.2) is 5.65 Å². The van der Waals surface area contributed by atoms with Gasteiger partial charge in [-0.1, -0.05) is 17.7 Å². The minimum absolute atomic E-state index is 0.0713. The fourth-order valence-electron chi connectivity index (χ4n) is 2.32. The molecule has 0 bridgehead atoms. The Morgan fingerprint density at radius 1 is 1.30 bits per heavy atom. The molecule has 1 aromatic carbocycles. The van der Waals surface area contributed by atoms with E-state index >= 15 is 0 Å². The molecule has 0 aliphatic carbocycles. The summed E-state index contributed by atoms with van der Waals surface area (Å²) in [5.41, 5.74) is 1.39. The number of phenolic OH excluding ortho intramolecular Hbond substituents is 1. The lowest BCUT2D eigenvalue weighted by Crippen LogP contribution is -2.31. The number of pyridine rings is 1. The number of carbonyl (C=O) groups is 1. The van der Waals surface area contributed by atoms with Gasteiger partial charge in [-0.05, 0) is 31.2 Å². The van der Waals surface area contributed by atoms with E-state index in [0.717, 1.165) is 5.56 Å². The summed E-state index contributed by atoms with van der Waals surface area (Å²) in [6.07, 6.45) is 1.64. The van der Waals surface area contributed by atoms with Gasteiger partial charge in [-0.2, -0.15) is 0 Å². The zero-order chi connectivity index (χ0) is 16.4. The second-order valence-corrected chi connectivity index (χ2v) is 5.21. The monoisotopic (exact) mass is 312 g/mol. The Kier molecular flexibility index (Phi) is 3.84. The van der Waals surface area contributed by atoms with Crippen molar-refractivity contribution in [2.45, 2.75) is 13.5 Å². The molecule has 3 rings (SSSR count). The van der Waals surface area contributed by atoms with E-state index in [2.05, 4.69) is 10.4 Å². The van der Waals surface area contributed by atoms with Gasteiger partial charge in [-0.3, -0.25) is 9.20 Å². The molecule has 0 radical (unpaired) electrons. The summed E-state index contributed by atoms with van der Waals surface area (Å²) in [6.45, 7) is 2.32. The third-order valence-corrected chi connectivity index (χ3v) is 3.49. The normalized spacial score (nSPS) is 10.8. The number of hydrogen-bond acceptors (Lipinski definition) is 4. The molecule has 7 nitrogen and oxygen atoms in total. The standard InChI is InChI=1S/C16H16N4O3/c1-11-5-6-13(21)12(10-11)15(22)17-7-9-20-16(23)19-8-3-2-4-14(19)18-20/h2-6,8,10,21H,7,9H2,1H3,(H,17,22). The number of carbonyl (C=O) groups excluding carboxylic acids is 1. The fourth-order valence-corrected chi connectivity index (χ4v) is 2.32. The van der Waals surface area contributed by atoms with Crippen LogP contribution in [0, 0.1) is 6.92 Å². The number of rotatable bonds is 4. The third kappa shape index (κ3) is 2.94. The summed E-state index contributed by atoms with van der Waals surface area (Å²) in [5, 5.41) is 16.6. The number of aromatic hydroxyl groups is 1. The Morgan fingerprint density at radius 2 is 2.13 bits per heavy atom. The van der Waals surface area contributed by atoms with Gasteiger partial charge >= 0.3 is 5.69 Å². The average Bonchev–Trinajstić information content (AvgIpc) is 2.86. The molecule has 0 fully saturated rings. The lowest BCUT2D eigenvalue weighted by Gasteiger charge is -2.07. The summed E-state index contributed by atoms with van der Waals surface area (Å²) in [6, 6.07) is 10.1. The summed E-state index contributed by atoms with van der Waals surface area (Å²) in [5.74, 6) is -0.457. The van der Waals surface area contributed by atoms with E-state index in [4.69, 9.17) is 0 Å². The van der Waals surface area contributed by atoms with Crippen molar-refractivity contribution in [3.8, 4) is 5.75 Å². The van der Waals surface area contributed by atoms with E-state index in [0.29, 0.717) is 5.65 Å². The first-order valence-electron chi connectivity index (χ1n) is 7.18. The molecule has 0 saturated carbocycles. The highest BCUT2D eigenvalue weighted by Gasteiger charge is 2.11. The second-order valence-electron chi connectivity index (χ2n) is 5.21. The summed E-state index contributed by atoms with van der Waals surface area (Å²) in [4.78, 5) is 24.2. The van der Waals surface area contributed by atoms with Crippen molar-refractivity contribution >= 4 is 11.6 Å². The zero-order valence-corrected chi connectivity index (χ0v) is 12.6. The van der Waals surface area contributed by atoms with Crippen LogP contribution in [0.1, 0.15) is 15.9 Å². The smallest absolute Gasteiger partial charge is 0.350 e. The Hall–Kier alpha value is -3.09. The van der Waals surface area contributed by atoms with E-state index in [1.807, 2.05) is 6.92 Å². The van der Waals surface area contributed by atoms with E-state index in [-0.39, 0.29) is 36.0 Å². The maximum absolute atomic E-state index is 12.1. The summed E-state index contributed by atoms with van der Waals surface area (Å²) >= 11 is 0. The van der Waals surface area contributed by atoms with Crippen molar-refractivity contribution in [2.24, 2.45) is 0 Å². The summed E-state index contributed by atoms with van der Waals surface area (Å²) in [7, 11) is 0. The number of aryl methyl sites for hydroxylation is 1. The van der Waals surface area contributed by atoms with E-state index < -0.39 is 0 Å². The van der Waals surface area contributed by atoms with Gasteiger partial charge in [0.1, 0.15) is 5.75 Å². The van der Waals surface area contributed by atoms with Crippen LogP contribution in [0.4, 0.5) is 0 Å². The van der Waals surface area contributed by atoms with Crippen molar-refractivity contribution in [3.63, 3.8) is 0 Å². The van der Waals surface area contributed by atoms with Gasteiger partial charge in [0.25, 0.3) is 5.91 Å². The molecule has 1 amide bonds. The van der Waals surface area contributed by atoms with Gasteiger partial charge in [0.05, 0.1) is 12.1 Å². The third-order valence-electron chi connectivity index (χ3n) is 3.49. The predicted molar refractivity (Wildman–Crippen MR) is 84.6 cm³/mol. The minimum Gasteiger partial charge on any atom is -0.507 e. The first kappa shape index (κ1) is 14.8. The van der Waals surface area contributed by atoms with Gasteiger partial charge in [0.2, 0.25) is 0 Å². The topological polar surface area (TPSA) is 88.6 Å². The number of amides is 1. The maximum atomic E-state index is 12.1. The van der Waals surface area contributed by atoms with Gasteiger partial charge in [0, 0.05) is 12.7 Å². The Morgan fingerprint density at radius 3 is 2.91 bits per heavy atom. The number of nitrogens with one attached hydrogen (secondary N) is 1. The van der Waals surface area contributed by atoms with Gasteiger partial charge < -0.3 is 10.4 Å². The highest BCUT2D eigenvalue weighted by atomic mass is 16.3. The highest BCUT2D eigenvalue weighted by Crippen LogP contribution is 2.17. The van der Waals surface area contributed by atoms with Crippen LogP contribution >= 0.6 is 0 Å². The van der Waals surface area contributed by atoms with E-state index in [1.165, 1.54) is 15.1 Å². The number of phenols is 1. The van der Waals surface area contributed by atoms with Crippen LogP contribution in [0.15, 0.2) is 47.4 Å². The van der Waals surface area contributed by atoms with Gasteiger partial charge in [-0.15, -0.1) is 5.10 Å². The van der Waals surface area contributed by atoms with Crippen LogP contribution in [0.5, 0.6) is 5.75 Å². The molecule has 0 spiro atoms. The molecule has 2 aromatic heterocycles. The zero-order valence-electron chi connectivity index (χ0n) is 12.6. The average molecular weight is 312 g/mol. The molecule has 2 N–H and O–H groups in total. The van der Waals surface area contributed by atoms with Crippen LogP contribution in [0.3, 0.4) is 0 Å². The van der Waals surface area contributed by atoms with Crippen molar-refractivity contribution in [2.75, 3.05) is 6.54 Å². The Bertz CT molecular complexity index is 926. The maximum Gasteiger partial charge on any atom is 0.350 e. The molecule has 0 aliphatic heterocycles. The molecule has 7 heteroatoms. The van der Waals surface area contributed by atoms with Crippen molar-refractivity contribution < 1.29 is 9.90 Å². The number of nitrogens with zero attached hydrogens (tertiary/aromatic N) is 3. The largest absolute Gasteiger partial charge is 0.507 e. The number of fused-ring (bicyclic) bond motifs is 1. The molecule has 0 saturated heterocycles. The molecular weight excluding hydrogens is 296 g/mol. The fraction of sp³-hybridized carbons (Fsp3) is 0.188. The van der Waals surface area contributed by atoms with Crippen molar-refractivity contribution in [3.05, 3.63) is 64.2 Å². The molecule has 3 aromatic rings. The first-order chi connectivity index (χ1) is 11.1. The SMILES string of the molecule is Cc1ccc(O)c(C(=O)NCCn2nc3ccccn3c2=O)c1. The minimum atomic E-state index is -0.386. The molecular formula is C16H16N4O3. The van der Waals surface area contributed by atoms with Crippen LogP contribution in [-0.2, 0) is 6.54 Å². The van der Waals surface area contributed by atoms with E-state index in [1.54, 1.807) is 36.5 Å². The number of hydrogen-bond donors (Lipinski definition) is 2. The van der Waals surface area contributed by atoms with Gasteiger partial charge in [-0.25, -0.2) is 9.48 Å². The highest BCUT2D eigenvalue weighted by molar-refractivity contribution is 5.96. The lowest BCUT2D eigenvalue weighted by molar-refractivity contribution is 0.0949. The predicted octanol–water partition coefficient (Wildman–Crippen LogP) is 0.940. The number of aromatic nitrogens is 3. The molecule has 118 valence electrons. The van der Waals surface area contributed by atoms with E-state index in [9.17, 15) is 14.7 Å². The van der Waals surface area contributed by atoms with Crippen LogP contribution < -0.4 is 11.0 Å².